The smallest absolute Gasteiger partial charge is 0.173 e. The summed E-state index contributed by atoms with van der Waals surface area (Å²) in [5.41, 5.74) is 8.53. The molecule has 160 valence electrons. The minimum Gasteiger partial charge on any atom is -0.467 e. The van der Waals surface area contributed by atoms with E-state index in [1.807, 2.05) is 12.1 Å². The lowest BCUT2D eigenvalue weighted by Gasteiger charge is -2.26. The Labute approximate surface area is 189 Å². The molecule has 5 heteroatoms. The minimum atomic E-state index is 0.629. The quantitative estimate of drug-likeness (QED) is 0.345. The summed E-state index contributed by atoms with van der Waals surface area (Å²) < 4.78 is 5.62. The van der Waals surface area contributed by atoms with Gasteiger partial charge in [-0.1, -0.05) is 23.8 Å². The predicted molar refractivity (Wildman–Crippen MR) is 133 cm³/mol. The molecular formula is C26H29N3OS. The van der Waals surface area contributed by atoms with Crippen LogP contribution in [0, 0.1) is 27.7 Å². The molecule has 0 aliphatic rings. The molecule has 0 fully saturated rings. The number of aromatic amines is 1. The van der Waals surface area contributed by atoms with Gasteiger partial charge in [-0.2, -0.15) is 0 Å². The van der Waals surface area contributed by atoms with Crippen molar-refractivity contribution in [2.45, 2.75) is 40.7 Å². The standard InChI is InChI=1S/C26H29N3OS/c1-17-10-11-25-23(15-17)22(20(4)27-25)12-13-29(16-21-8-6-14-30-21)26(31)28-24-9-5-7-18(2)19(24)3/h5-11,14-15,27H,12-13,16H2,1-4H3,(H,28,31). The van der Waals surface area contributed by atoms with Gasteiger partial charge < -0.3 is 19.6 Å². The molecule has 0 radical (unpaired) electrons. The van der Waals surface area contributed by atoms with Crippen LogP contribution < -0.4 is 5.32 Å². The third kappa shape index (κ3) is 4.67. The molecule has 31 heavy (non-hydrogen) atoms. The molecule has 2 N–H and O–H groups in total. The second-order valence-corrected chi connectivity index (χ2v) is 8.59. The van der Waals surface area contributed by atoms with E-state index in [4.69, 9.17) is 16.6 Å². The lowest BCUT2D eigenvalue weighted by atomic mass is 10.1. The summed E-state index contributed by atoms with van der Waals surface area (Å²) in [6.07, 6.45) is 2.60. The van der Waals surface area contributed by atoms with Crippen LogP contribution in [-0.2, 0) is 13.0 Å². The molecular weight excluding hydrogens is 402 g/mol. The minimum absolute atomic E-state index is 0.629. The maximum Gasteiger partial charge on any atom is 0.173 e. The van der Waals surface area contributed by atoms with E-state index in [0.717, 1.165) is 24.4 Å². The highest BCUT2D eigenvalue weighted by Crippen LogP contribution is 2.25. The summed E-state index contributed by atoms with van der Waals surface area (Å²) in [4.78, 5) is 5.71. The molecule has 0 amide bonds. The number of nitrogens with one attached hydrogen (secondary N) is 2. The Hall–Kier alpha value is -3.05. The zero-order chi connectivity index (χ0) is 22.0. The van der Waals surface area contributed by atoms with Gasteiger partial charge in [0.05, 0.1) is 12.8 Å². The molecule has 0 aliphatic carbocycles. The van der Waals surface area contributed by atoms with Crippen molar-refractivity contribution >= 4 is 33.9 Å². The van der Waals surface area contributed by atoms with Crippen molar-refractivity contribution in [1.29, 1.82) is 0 Å². The predicted octanol–water partition coefficient (Wildman–Crippen LogP) is 6.44. The number of furan rings is 1. The zero-order valence-electron chi connectivity index (χ0n) is 18.6. The molecule has 0 atom stereocenters. The Morgan fingerprint density at radius 2 is 1.90 bits per heavy atom. The lowest BCUT2D eigenvalue weighted by Crippen LogP contribution is -2.36. The van der Waals surface area contributed by atoms with Crippen molar-refractivity contribution < 1.29 is 4.42 Å². The molecule has 4 rings (SSSR count). The first-order valence-corrected chi connectivity index (χ1v) is 11.1. The van der Waals surface area contributed by atoms with E-state index in [0.29, 0.717) is 11.7 Å². The summed E-state index contributed by atoms with van der Waals surface area (Å²) in [7, 11) is 0. The number of H-pyrrole nitrogens is 1. The molecule has 2 heterocycles. The second-order valence-electron chi connectivity index (χ2n) is 8.21. The van der Waals surface area contributed by atoms with E-state index in [-0.39, 0.29) is 0 Å². The van der Waals surface area contributed by atoms with E-state index in [9.17, 15) is 0 Å². The number of hydrogen-bond acceptors (Lipinski definition) is 2. The summed E-state index contributed by atoms with van der Waals surface area (Å²) >= 11 is 5.84. The topological polar surface area (TPSA) is 44.2 Å². The van der Waals surface area contributed by atoms with Crippen molar-refractivity contribution in [3.8, 4) is 0 Å². The van der Waals surface area contributed by atoms with Crippen LogP contribution >= 0.6 is 12.2 Å². The van der Waals surface area contributed by atoms with Gasteiger partial charge >= 0.3 is 0 Å². The lowest BCUT2D eigenvalue weighted by molar-refractivity contribution is 0.368. The van der Waals surface area contributed by atoms with E-state index in [1.54, 1.807) is 6.26 Å². The highest BCUT2D eigenvalue weighted by Gasteiger charge is 2.16. The van der Waals surface area contributed by atoms with Gasteiger partial charge in [0.15, 0.2) is 5.11 Å². The number of aromatic nitrogens is 1. The van der Waals surface area contributed by atoms with Gasteiger partial charge in [0.1, 0.15) is 5.76 Å². The summed E-state index contributed by atoms with van der Waals surface area (Å²) in [6, 6.07) is 16.7. The van der Waals surface area contributed by atoms with Crippen molar-refractivity contribution in [2.75, 3.05) is 11.9 Å². The number of thiocarbonyl (C=S) groups is 1. The number of hydrogen-bond donors (Lipinski definition) is 2. The Morgan fingerprint density at radius 1 is 1.06 bits per heavy atom. The van der Waals surface area contributed by atoms with Crippen LogP contribution in [0.1, 0.15) is 33.7 Å². The highest BCUT2D eigenvalue weighted by molar-refractivity contribution is 7.80. The molecule has 0 saturated heterocycles. The molecule has 2 aromatic carbocycles. The molecule has 0 unspecified atom stereocenters. The third-order valence-electron chi connectivity index (χ3n) is 5.97. The number of benzene rings is 2. The largest absolute Gasteiger partial charge is 0.467 e. The number of anilines is 1. The van der Waals surface area contributed by atoms with Crippen LogP contribution in [0.4, 0.5) is 5.69 Å². The summed E-state index contributed by atoms with van der Waals surface area (Å²) in [5, 5.41) is 5.46. The second kappa shape index (κ2) is 8.98. The first-order chi connectivity index (χ1) is 14.9. The first kappa shape index (κ1) is 21.2. The maximum atomic E-state index is 5.84. The molecule has 0 saturated carbocycles. The van der Waals surface area contributed by atoms with E-state index in [2.05, 4.69) is 79.3 Å². The first-order valence-electron chi connectivity index (χ1n) is 10.6. The van der Waals surface area contributed by atoms with Gasteiger partial charge in [-0.25, -0.2) is 0 Å². The molecule has 4 nitrogen and oxygen atoms in total. The van der Waals surface area contributed by atoms with Crippen LogP contribution in [-0.4, -0.2) is 21.5 Å². The van der Waals surface area contributed by atoms with Gasteiger partial charge in [-0.15, -0.1) is 0 Å². The fourth-order valence-electron chi connectivity index (χ4n) is 3.99. The zero-order valence-corrected chi connectivity index (χ0v) is 19.4. The van der Waals surface area contributed by atoms with Gasteiger partial charge in [0.2, 0.25) is 0 Å². The normalized spacial score (nSPS) is 11.1. The molecule has 4 aromatic rings. The van der Waals surface area contributed by atoms with E-state index >= 15 is 0 Å². The Bertz CT molecular complexity index is 1210. The van der Waals surface area contributed by atoms with Gasteiger partial charge in [-0.05, 0) is 93.4 Å². The molecule has 0 bridgehead atoms. The van der Waals surface area contributed by atoms with Crippen LogP contribution in [0.2, 0.25) is 0 Å². The third-order valence-corrected chi connectivity index (χ3v) is 6.33. The Kier molecular flexibility index (Phi) is 6.14. The fraction of sp³-hybridized carbons (Fsp3) is 0.269. The number of rotatable bonds is 6. The molecule has 2 aromatic heterocycles. The highest BCUT2D eigenvalue weighted by atomic mass is 32.1. The Balaban J connectivity index is 1.57. The summed E-state index contributed by atoms with van der Waals surface area (Å²) in [6.45, 7) is 9.94. The molecule has 0 spiro atoms. The van der Waals surface area contributed by atoms with E-state index < -0.39 is 0 Å². The van der Waals surface area contributed by atoms with Gasteiger partial charge in [-0.3, -0.25) is 0 Å². The average molecular weight is 432 g/mol. The van der Waals surface area contributed by atoms with Crippen LogP contribution in [0.3, 0.4) is 0 Å². The number of nitrogens with zero attached hydrogens (tertiary/aromatic N) is 1. The van der Waals surface area contributed by atoms with Crippen molar-refractivity contribution in [3.63, 3.8) is 0 Å². The maximum absolute atomic E-state index is 5.84. The van der Waals surface area contributed by atoms with Crippen LogP contribution in [0.5, 0.6) is 0 Å². The van der Waals surface area contributed by atoms with Crippen molar-refractivity contribution in [3.05, 3.63) is 88.5 Å². The Morgan fingerprint density at radius 3 is 2.68 bits per heavy atom. The van der Waals surface area contributed by atoms with Gasteiger partial charge in [0.25, 0.3) is 0 Å². The van der Waals surface area contributed by atoms with Crippen molar-refractivity contribution in [1.82, 2.24) is 9.88 Å². The van der Waals surface area contributed by atoms with Crippen LogP contribution in [0.25, 0.3) is 10.9 Å². The number of fused-ring (bicyclic) bond motifs is 1. The van der Waals surface area contributed by atoms with Crippen LogP contribution in [0.15, 0.2) is 59.2 Å². The molecule has 0 aliphatic heterocycles. The van der Waals surface area contributed by atoms with Gasteiger partial charge in [0, 0.05) is 28.8 Å². The monoisotopic (exact) mass is 431 g/mol. The van der Waals surface area contributed by atoms with Crippen molar-refractivity contribution in [2.24, 2.45) is 0 Å². The fourth-order valence-corrected chi connectivity index (χ4v) is 4.25. The van der Waals surface area contributed by atoms with E-state index in [1.165, 1.54) is 38.9 Å². The number of aryl methyl sites for hydroxylation is 3. The average Bonchev–Trinajstić information content (AvgIpc) is 3.36. The summed E-state index contributed by atoms with van der Waals surface area (Å²) in [5.74, 6) is 0.900. The SMILES string of the molecule is Cc1ccc2[nH]c(C)c(CCN(Cc3ccco3)C(=S)Nc3cccc(C)c3C)c2c1.